The molecule has 1 aliphatic rings. The number of para-hydroxylation sites is 1. The Bertz CT molecular complexity index is 828. The maximum atomic E-state index is 13.7. The van der Waals surface area contributed by atoms with Gasteiger partial charge < -0.3 is 10.2 Å². The molecule has 1 fully saturated rings. The lowest BCUT2D eigenvalue weighted by atomic mass is 10.2. The van der Waals surface area contributed by atoms with Gasteiger partial charge in [0.2, 0.25) is 5.95 Å². The maximum absolute atomic E-state index is 13.7. The topological polar surface area (TPSA) is 75.2 Å². The Hall–Kier alpha value is -2.22. The van der Waals surface area contributed by atoms with Crippen molar-refractivity contribution < 1.29 is 12.8 Å². The van der Waals surface area contributed by atoms with Gasteiger partial charge in [-0.2, -0.15) is 4.98 Å². The summed E-state index contributed by atoms with van der Waals surface area (Å²) >= 11 is 0. The van der Waals surface area contributed by atoms with Crippen LogP contribution in [0.2, 0.25) is 0 Å². The number of benzene rings is 1. The molecule has 3 rings (SSSR count). The quantitative estimate of drug-likeness (QED) is 0.892. The fourth-order valence-electron chi connectivity index (χ4n) is 2.88. The molecule has 1 unspecified atom stereocenters. The molecule has 1 saturated heterocycles. The van der Waals surface area contributed by atoms with Crippen molar-refractivity contribution in [2.75, 3.05) is 28.3 Å². The van der Waals surface area contributed by atoms with Crippen LogP contribution in [0.5, 0.6) is 0 Å². The van der Waals surface area contributed by atoms with Crippen molar-refractivity contribution in [2.24, 2.45) is 0 Å². The van der Waals surface area contributed by atoms with Crippen LogP contribution in [0.3, 0.4) is 0 Å². The zero-order chi connectivity index (χ0) is 17.2. The Morgan fingerprint density at radius 1 is 1.33 bits per heavy atom. The number of rotatable bonds is 5. The van der Waals surface area contributed by atoms with Crippen LogP contribution in [0.4, 0.5) is 21.8 Å². The van der Waals surface area contributed by atoms with E-state index < -0.39 is 9.84 Å². The van der Waals surface area contributed by atoms with Gasteiger partial charge in [-0.1, -0.05) is 12.1 Å². The summed E-state index contributed by atoms with van der Waals surface area (Å²) in [5.74, 6) is 0.867. The van der Waals surface area contributed by atoms with E-state index in [9.17, 15) is 12.8 Å². The third kappa shape index (κ3) is 3.64. The van der Waals surface area contributed by atoms with Crippen molar-refractivity contribution in [3.05, 3.63) is 42.3 Å². The highest BCUT2D eigenvalue weighted by Crippen LogP contribution is 2.24. The van der Waals surface area contributed by atoms with Crippen molar-refractivity contribution >= 4 is 27.3 Å². The summed E-state index contributed by atoms with van der Waals surface area (Å²) in [6.07, 6.45) is 2.17. The van der Waals surface area contributed by atoms with Crippen molar-refractivity contribution in [2.45, 2.75) is 19.4 Å². The second-order valence-electron chi connectivity index (χ2n) is 5.69. The van der Waals surface area contributed by atoms with Gasteiger partial charge in [0.1, 0.15) is 11.6 Å². The van der Waals surface area contributed by atoms with E-state index in [-0.39, 0.29) is 29.3 Å². The highest BCUT2D eigenvalue weighted by Gasteiger charge is 2.32. The minimum Gasteiger partial charge on any atom is -0.353 e. The first-order chi connectivity index (χ1) is 11.5. The molecule has 0 aliphatic carbocycles. The average Bonchev–Trinajstić information content (AvgIpc) is 2.91. The van der Waals surface area contributed by atoms with Gasteiger partial charge in [0, 0.05) is 18.8 Å². The predicted molar refractivity (Wildman–Crippen MR) is 91.8 cm³/mol. The molecular weight excluding hydrogens is 331 g/mol. The highest BCUT2D eigenvalue weighted by atomic mass is 32.2. The Morgan fingerprint density at radius 2 is 2.12 bits per heavy atom. The summed E-state index contributed by atoms with van der Waals surface area (Å²) in [6.45, 7) is 2.59. The third-order valence-electron chi connectivity index (χ3n) is 4.05. The van der Waals surface area contributed by atoms with Gasteiger partial charge in [0.25, 0.3) is 0 Å². The van der Waals surface area contributed by atoms with Crippen LogP contribution >= 0.6 is 0 Å². The molecule has 0 amide bonds. The van der Waals surface area contributed by atoms with Gasteiger partial charge in [0.05, 0.1) is 17.2 Å². The highest BCUT2D eigenvalue weighted by molar-refractivity contribution is 7.91. The number of aromatic nitrogens is 2. The summed E-state index contributed by atoms with van der Waals surface area (Å²) in [4.78, 5) is 10.5. The van der Waals surface area contributed by atoms with E-state index in [0.717, 1.165) is 0 Å². The number of nitrogens with zero attached hydrogens (tertiary/aromatic N) is 3. The lowest BCUT2D eigenvalue weighted by Gasteiger charge is -2.28. The molecule has 0 bridgehead atoms. The van der Waals surface area contributed by atoms with E-state index in [4.69, 9.17) is 0 Å². The SMILES string of the molecule is CCN(c1ccnc(Nc2ccccc2F)n1)C1CCS(=O)(=O)C1. The molecule has 24 heavy (non-hydrogen) atoms. The molecule has 2 aromatic rings. The Labute approximate surface area is 140 Å². The number of hydrogen-bond donors (Lipinski definition) is 1. The number of nitrogens with one attached hydrogen (secondary N) is 1. The molecule has 6 nitrogen and oxygen atoms in total. The summed E-state index contributed by atoms with van der Waals surface area (Å²) in [6, 6.07) is 7.94. The summed E-state index contributed by atoms with van der Waals surface area (Å²) in [7, 11) is -2.97. The van der Waals surface area contributed by atoms with Crippen LogP contribution in [-0.2, 0) is 9.84 Å². The second-order valence-corrected chi connectivity index (χ2v) is 7.91. The normalized spacial score (nSPS) is 19.2. The average molecular weight is 350 g/mol. The van der Waals surface area contributed by atoms with Gasteiger partial charge in [0.15, 0.2) is 9.84 Å². The van der Waals surface area contributed by atoms with Crippen molar-refractivity contribution in [3.63, 3.8) is 0 Å². The molecular formula is C16H19FN4O2S. The largest absolute Gasteiger partial charge is 0.353 e. The van der Waals surface area contributed by atoms with Gasteiger partial charge in [-0.3, -0.25) is 0 Å². The third-order valence-corrected chi connectivity index (χ3v) is 5.80. The molecule has 1 aliphatic heterocycles. The molecule has 0 spiro atoms. The molecule has 128 valence electrons. The van der Waals surface area contributed by atoms with Gasteiger partial charge in [-0.25, -0.2) is 17.8 Å². The van der Waals surface area contributed by atoms with Crippen LogP contribution in [-0.4, -0.2) is 42.5 Å². The lowest BCUT2D eigenvalue weighted by Crippen LogP contribution is -2.36. The smallest absolute Gasteiger partial charge is 0.229 e. The van der Waals surface area contributed by atoms with Crippen LogP contribution in [0, 0.1) is 5.82 Å². The van der Waals surface area contributed by atoms with E-state index in [1.54, 1.807) is 30.5 Å². The Balaban J connectivity index is 1.83. The minimum absolute atomic E-state index is 0.0868. The van der Waals surface area contributed by atoms with Crippen LogP contribution < -0.4 is 10.2 Å². The molecule has 1 aromatic carbocycles. The molecule has 1 aromatic heterocycles. The zero-order valence-electron chi connectivity index (χ0n) is 13.3. The first-order valence-corrected chi connectivity index (χ1v) is 9.62. The molecule has 0 radical (unpaired) electrons. The van der Waals surface area contributed by atoms with Gasteiger partial charge in [-0.15, -0.1) is 0 Å². The minimum atomic E-state index is -2.97. The molecule has 0 saturated carbocycles. The summed E-state index contributed by atoms with van der Waals surface area (Å²) in [5, 5.41) is 2.86. The van der Waals surface area contributed by atoms with Crippen molar-refractivity contribution in [1.82, 2.24) is 9.97 Å². The van der Waals surface area contributed by atoms with Crippen LogP contribution in [0.1, 0.15) is 13.3 Å². The number of anilines is 3. The van der Waals surface area contributed by atoms with Crippen molar-refractivity contribution in [3.8, 4) is 0 Å². The zero-order valence-corrected chi connectivity index (χ0v) is 14.1. The Morgan fingerprint density at radius 3 is 2.79 bits per heavy atom. The van der Waals surface area contributed by atoms with E-state index in [0.29, 0.717) is 24.5 Å². The van der Waals surface area contributed by atoms with Gasteiger partial charge in [-0.05, 0) is 31.5 Å². The van der Waals surface area contributed by atoms with Crippen LogP contribution in [0.25, 0.3) is 0 Å². The molecule has 8 heteroatoms. The maximum Gasteiger partial charge on any atom is 0.229 e. The number of hydrogen-bond acceptors (Lipinski definition) is 6. The first-order valence-electron chi connectivity index (χ1n) is 7.80. The fraction of sp³-hybridized carbons (Fsp3) is 0.375. The second kappa shape index (κ2) is 6.72. The predicted octanol–water partition coefficient (Wildman–Crippen LogP) is 2.37. The first kappa shape index (κ1) is 16.6. The lowest BCUT2D eigenvalue weighted by molar-refractivity contribution is 0.599. The van der Waals surface area contributed by atoms with Gasteiger partial charge >= 0.3 is 0 Å². The monoisotopic (exact) mass is 350 g/mol. The van der Waals surface area contributed by atoms with E-state index in [1.165, 1.54) is 6.07 Å². The number of halogens is 1. The number of sulfone groups is 1. The molecule has 2 heterocycles. The summed E-state index contributed by atoms with van der Waals surface area (Å²) in [5.41, 5.74) is 0.293. The molecule has 1 atom stereocenters. The van der Waals surface area contributed by atoms with E-state index in [1.807, 2.05) is 11.8 Å². The molecule has 1 N–H and O–H groups in total. The van der Waals surface area contributed by atoms with Crippen LogP contribution in [0.15, 0.2) is 36.5 Å². The van der Waals surface area contributed by atoms with E-state index >= 15 is 0 Å². The van der Waals surface area contributed by atoms with Crippen molar-refractivity contribution in [1.29, 1.82) is 0 Å². The fourth-order valence-corrected chi connectivity index (χ4v) is 4.61. The Kier molecular flexibility index (Phi) is 4.66. The summed E-state index contributed by atoms with van der Waals surface area (Å²) < 4.78 is 37.2. The standard InChI is InChI=1S/C16H19FN4O2S/c1-2-21(12-8-10-24(22,23)11-12)15-7-9-18-16(20-15)19-14-6-4-3-5-13(14)17/h3-7,9,12H,2,8,10-11H2,1H3,(H,18,19,20). The van der Waals surface area contributed by atoms with E-state index in [2.05, 4.69) is 15.3 Å².